The molecule has 1 rings (SSSR count). The van der Waals surface area contributed by atoms with E-state index < -0.39 is 17.9 Å². The number of carboxylic acids is 2. The molecule has 1 aromatic carbocycles. The molecule has 0 fully saturated rings. The van der Waals surface area contributed by atoms with Crippen LogP contribution in [0.4, 0.5) is 0 Å². The molecule has 18 heavy (non-hydrogen) atoms. The molecule has 0 saturated carbocycles. The van der Waals surface area contributed by atoms with Crippen molar-refractivity contribution in [1.82, 2.24) is 0 Å². The smallest absolute Gasteiger partial charge is 0.339 e. The second-order valence-corrected chi connectivity index (χ2v) is 3.51. The Morgan fingerprint density at radius 2 is 1.78 bits per heavy atom. The van der Waals surface area contributed by atoms with Crippen LogP contribution in [-0.4, -0.2) is 34.7 Å². The molecule has 1 aromatic rings. The average molecular weight is 252 g/mol. The van der Waals surface area contributed by atoms with Crippen molar-refractivity contribution in [2.75, 3.05) is 6.61 Å². The van der Waals surface area contributed by atoms with Crippen LogP contribution in [0.15, 0.2) is 18.2 Å². The van der Waals surface area contributed by atoms with Crippen molar-refractivity contribution in [3.63, 3.8) is 0 Å². The number of esters is 1. The van der Waals surface area contributed by atoms with Gasteiger partial charge in [0, 0.05) is 0 Å². The van der Waals surface area contributed by atoms with Crippen molar-refractivity contribution in [3.05, 3.63) is 34.9 Å². The molecular weight excluding hydrogens is 240 g/mol. The van der Waals surface area contributed by atoms with Crippen LogP contribution < -0.4 is 0 Å². The Morgan fingerprint density at radius 1 is 1.11 bits per heavy atom. The monoisotopic (exact) mass is 252 g/mol. The minimum Gasteiger partial charge on any atom is -0.478 e. The van der Waals surface area contributed by atoms with Crippen LogP contribution in [0.5, 0.6) is 0 Å². The SMILES string of the molecule is CCCOC(=O)c1cc(C(=O)O)ccc1C(=O)O. The zero-order valence-corrected chi connectivity index (χ0v) is 9.67. The molecule has 0 aliphatic carbocycles. The Balaban J connectivity index is 3.19. The normalized spacial score (nSPS) is 9.83. The summed E-state index contributed by atoms with van der Waals surface area (Å²) in [6.07, 6.45) is 0.590. The predicted octanol–water partition coefficient (Wildman–Crippen LogP) is 1.65. The highest BCUT2D eigenvalue weighted by Crippen LogP contribution is 2.14. The van der Waals surface area contributed by atoms with Crippen LogP contribution in [0.1, 0.15) is 44.4 Å². The van der Waals surface area contributed by atoms with Gasteiger partial charge >= 0.3 is 17.9 Å². The molecule has 2 N–H and O–H groups in total. The molecule has 0 aromatic heterocycles. The highest BCUT2D eigenvalue weighted by molar-refractivity contribution is 6.04. The average Bonchev–Trinajstić information content (AvgIpc) is 2.34. The lowest BCUT2D eigenvalue weighted by molar-refractivity contribution is 0.0494. The highest BCUT2D eigenvalue weighted by atomic mass is 16.5. The van der Waals surface area contributed by atoms with E-state index in [-0.39, 0.29) is 23.3 Å². The predicted molar refractivity (Wildman–Crippen MR) is 60.9 cm³/mol. The van der Waals surface area contributed by atoms with Gasteiger partial charge in [-0.15, -0.1) is 0 Å². The van der Waals surface area contributed by atoms with E-state index in [9.17, 15) is 14.4 Å². The first-order chi connectivity index (χ1) is 8.47. The standard InChI is InChI=1S/C12H12O6/c1-2-5-18-12(17)9-6-7(10(13)14)3-4-8(9)11(15)16/h3-4,6H,2,5H2,1H3,(H,13,14)(H,15,16). The Morgan fingerprint density at radius 3 is 2.28 bits per heavy atom. The van der Waals surface area contributed by atoms with E-state index in [1.165, 1.54) is 0 Å². The van der Waals surface area contributed by atoms with Gasteiger partial charge in [-0.05, 0) is 24.6 Å². The first-order valence-electron chi connectivity index (χ1n) is 5.25. The molecule has 6 heteroatoms. The van der Waals surface area contributed by atoms with Gasteiger partial charge in [-0.3, -0.25) is 0 Å². The zero-order valence-electron chi connectivity index (χ0n) is 9.67. The van der Waals surface area contributed by atoms with Crippen molar-refractivity contribution in [1.29, 1.82) is 0 Å². The minimum atomic E-state index is -1.31. The molecule has 96 valence electrons. The van der Waals surface area contributed by atoms with Crippen molar-refractivity contribution in [2.24, 2.45) is 0 Å². The first-order valence-corrected chi connectivity index (χ1v) is 5.25. The van der Waals surface area contributed by atoms with Crippen LogP contribution in [0.2, 0.25) is 0 Å². The van der Waals surface area contributed by atoms with Crippen LogP contribution in [0.25, 0.3) is 0 Å². The lowest BCUT2D eigenvalue weighted by atomic mass is 10.0. The van der Waals surface area contributed by atoms with Gasteiger partial charge in [0.2, 0.25) is 0 Å². The molecule has 0 saturated heterocycles. The van der Waals surface area contributed by atoms with E-state index in [2.05, 4.69) is 0 Å². The van der Waals surface area contributed by atoms with Crippen LogP contribution in [0.3, 0.4) is 0 Å². The minimum absolute atomic E-state index is 0.148. The summed E-state index contributed by atoms with van der Waals surface area (Å²) in [6.45, 7) is 1.94. The molecule has 0 amide bonds. The Labute approximate surface area is 103 Å². The van der Waals surface area contributed by atoms with E-state index in [0.29, 0.717) is 6.42 Å². The maximum atomic E-state index is 11.6. The molecule has 0 atom stereocenters. The van der Waals surface area contributed by atoms with Gasteiger partial charge in [0.05, 0.1) is 23.3 Å². The maximum absolute atomic E-state index is 11.6. The van der Waals surface area contributed by atoms with E-state index >= 15 is 0 Å². The summed E-state index contributed by atoms with van der Waals surface area (Å²) in [4.78, 5) is 33.3. The summed E-state index contributed by atoms with van der Waals surface area (Å²) in [5, 5.41) is 17.7. The van der Waals surface area contributed by atoms with E-state index in [1.54, 1.807) is 6.92 Å². The maximum Gasteiger partial charge on any atom is 0.339 e. The molecule has 0 aliphatic heterocycles. The van der Waals surface area contributed by atoms with Crippen LogP contribution in [-0.2, 0) is 4.74 Å². The van der Waals surface area contributed by atoms with E-state index in [1.807, 2.05) is 0 Å². The molecular formula is C12H12O6. The molecule has 0 bridgehead atoms. The number of hydrogen-bond donors (Lipinski definition) is 2. The third kappa shape index (κ3) is 3.07. The summed E-state index contributed by atoms with van der Waals surface area (Å²) < 4.78 is 4.81. The summed E-state index contributed by atoms with van der Waals surface area (Å²) in [5.41, 5.74) is -0.694. The van der Waals surface area contributed by atoms with Crippen molar-refractivity contribution < 1.29 is 29.3 Å². The topological polar surface area (TPSA) is 101 Å². The number of carbonyl (C=O) groups excluding carboxylic acids is 1. The van der Waals surface area contributed by atoms with Crippen molar-refractivity contribution >= 4 is 17.9 Å². The number of ether oxygens (including phenoxy) is 1. The second-order valence-electron chi connectivity index (χ2n) is 3.51. The molecule has 0 unspecified atom stereocenters. The lowest BCUT2D eigenvalue weighted by Gasteiger charge is -2.07. The third-order valence-electron chi connectivity index (χ3n) is 2.15. The summed E-state index contributed by atoms with van der Waals surface area (Å²) in [5.74, 6) is -3.38. The lowest BCUT2D eigenvalue weighted by Crippen LogP contribution is -2.13. The fourth-order valence-electron chi connectivity index (χ4n) is 1.31. The number of carbonyl (C=O) groups is 3. The zero-order chi connectivity index (χ0) is 13.7. The largest absolute Gasteiger partial charge is 0.478 e. The van der Waals surface area contributed by atoms with Gasteiger partial charge in [-0.25, -0.2) is 14.4 Å². The number of aromatic carboxylic acids is 2. The third-order valence-corrected chi connectivity index (χ3v) is 2.15. The van der Waals surface area contributed by atoms with E-state index in [0.717, 1.165) is 18.2 Å². The highest BCUT2D eigenvalue weighted by Gasteiger charge is 2.19. The first kappa shape index (κ1) is 13.7. The molecule has 0 heterocycles. The summed E-state index contributed by atoms with van der Waals surface area (Å²) in [7, 11) is 0. The van der Waals surface area contributed by atoms with Gasteiger partial charge in [-0.1, -0.05) is 6.92 Å². The van der Waals surface area contributed by atoms with Gasteiger partial charge in [0.25, 0.3) is 0 Å². The van der Waals surface area contributed by atoms with Gasteiger partial charge in [0.15, 0.2) is 0 Å². The van der Waals surface area contributed by atoms with Gasteiger partial charge < -0.3 is 14.9 Å². The number of rotatable bonds is 5. The Kier molecular flexibility index (Phi) is 4.42. The molecule has 0 radical (unpaired) electrons. The van der Waals surface area contributed by atoms with Crippen molar-refractivity contribution in [2.45, 2.75) is 13.3 Å². The summed E-state index contributed by atoms with van der Waals surface area (Å²) >= 11 is 0. The molecule has 0 aliphatic rings. The van der Waals surface area contributed by atoms with Crippen LogP contribution in [0, 0.1) is 0 Å². The molecule has 6 nitrogen and oxygen atoms in total. The van der Waals surface area contributed by atoms with Gasteiger partial charge in [0.1, 0.15) is 0 Å². The Bertz CT molecular complexity index is 491. The van der Waals surface area contributed by atoms with Gasteiger partial charge in [-0.2, -0.15) is 0 Å². The fourth-order valence-corrected chi connectivity index (χ4v) is 1.31. The summed E-state index contributed by atoms with van der Waals surface area (Å²) in [6, 6.07) is 3.21. The fraction of sp³-hybridized carbons (Fsp3) is 0.250. The Hall–Kier alpha value is -2.37. The number of benzene rings is 1. The quantitative estimate of drug-likeness (QED) is 0.772. The van der Waals surface area contributed by atoms with Crippen molar-refractivity contribution in [3.8, 4) is 0 Å². The molecule has 0 spiro atoms. The second kappa shape index (κ2) is 5.81. The van der Waals surface area contributed by atoms with E-state index in [4.69, 9.17) is 14.9 Å². The number of hydrogen-bond acceptors (Lipinski definition) is 4. The number of carboxylic acid groups (broad SMARTS) is 2. The van der Waals surface area contributed by atoms with Crippen LogP contribution >= 0.6 is 0 Å².